The third-order valence-electron chi connectivity index (χ3n) is 5.38. The van der Waals surface area contributed by atoms with Gasteiger partial charge in [0.05, 0.1) is 20.7 Å². The summed E-state index contributed by atoms with van der Waals surface area (Å²) in [6, 6.07) is 0. The maximum Gasteiger partial charge on any atom is 0.134 e. The molecular formula is C23H50NO3+. The van der Waals surface area contributed by atoms with E-state index < -0.39 is 6.10 Å². The molecular weight excluding hydrogens is 338 g/mol. The van der Waals surface area contributed by atoms with Crippen molar-refractivity contribution in [1.29, 1.82) is 0 Å². The normalized spacial score (nSPS) is 13.2. The van der Waals surface area contributed by atoms with Crippen LogP contribution < -0.4 is 0 Å². The second kappa shape index (κ2) is 19.2. The summed E-state index contributed by atoms with van der Waals surface area (Å²) >= 11 is 0. The number of unbranched alkanes of at least 4 members (excludes halogenated alkanes) is 15. The quantitative estimate of drug-likeness (QED) is 0.153. The van der Waals surface area contributed by atoms with Crippen LogP contribution in [-0.4, -0.2) is 54.8 Å². The lowest BCUT2D eigenvalue weighted by molar-refractivity contribution is -1.08. The lowest BCUT2D eigenvalue weighted by Gasteiger charge is -2.27. The second-order valence-corrected chi connectivity index (χ2v) is 8.73. The molecule has 0 aromatic heterocycles. The van der Waals surface area contributed by atoms with Crippen molar-refractivity contribution >= 4 is 0 Å². The third-order valence-corrected chi connectivity index (χ3v) is 5.38. The Bertz CT molecular complexity index is 297. The highest BCUT2D eigenvalue weighted by Crippen LogP contribution is 2.14. The summed E-state index contributed by atoms with van der Waals surface area (Å²) in [7, 11) is 4.02. The van der Waals surface area contributed by atoms with E-state index >= 15 is 0 Å². The molecule has 2 N–H and O–H groups in total. The van der Waals surface area contributed by atoms with Gasteiger partial charge in [-0.25, -0.2) is 4.84 Å². The largest absolute Gasteiger partial charge is 0.394 e. The van der Waals surface area contributed by atoms with E-state index in [1.165, 1.54) is 96.3 Å². The van der Waals surface area contributed by atoms with Crippen LogP contribution in [0, 0.1) is 0 Å². The first-order chi connectivity index (χ1) is 13.0. The highest BCUT2D eigenvalue weighted by molar-refractivity contribution is 4.50. The first kappa shape index (κ1) is 26.8. The van der Waals surface area contributed by atoms with E-state index in [0.29, 0.717) is 4.65 Å². The number of nitrogens with zero attached hydrogens (tertiary/aromatic N) is 1. The Morgan fingerprint density at radius 3 is 1.41 bits per heavy atom. The molecule has 0 heterocycles. The van der Waals surface area contributed by atoms with Crippen LogP contribution in [0.2, 0.25) is 0 Å². The van der Waals surface area contributed by atoms with Gasteiger partial charge in [-0.2, -0.15) is 4.65 Å². The van der Waals surface area contributed by atoms with E-state index in [0.717, 1.165) is 13.0 Å². The minimum absolute atomic E-state index is 0.197. The Morgan fingerprint density at radius 1 is 0.667 bits per heavy atom. The van der Waals surface area contributed by atoms with Gasteiger partial charge in [-0.05, 0) is 12.8 Å². The molecule has 0 saturated heterocycles. The fourth-order valence-electron chi connectivity index (χ4n) is 3.45. The zero-order chi connectivity index (χ0) is 20.2. The summed E-state index contributed by atoms with van der Waals surface area (Å²) in [5, 5.41) is 18.2. The molecule has 4 heteroatoms. The van der Waals surface area contributed by atoms with Gasteiger partial charge in [0, 0.05) is 0 Å². The van der Waals surface area contributed by atoms with Gasteiger partial charge in [-0.3, -0.25) is 0 Å². The van der Waals surface area contributed by atoms with Crippen molar-refractivity contribution in [3.8, 4) is 0 Å². The van der Waals surface area contributed by atoms with Crippen molar-refractivity contribution in [3.05, 3.63) is 0 Å². The van der Waals surface area contributed by atoms with Crippen molar-refractivity contribution in [2.75, 3.05) is 33.9 Å². The Kier molecular flexibility index (Phi) is 19.1. The van der Waals surface area contributed by atoms with Crippen LogP contribution in [-0.2, 0) is 4.84 Å². The van der Waals surface area contributed by atoms with Crippen molar-refractivity contribution in [2.45, 2.75) is 116 Å². The van der Waals surface area contributed by atoms with Gasteiger partial charge >= 0.3 is 0 Å². The molecule has 0 bridgehead atoms. The lowest BCUT2D eigenvalue weighted by atomic mass is 10.0. The monoisotopic (exact) mass is 388 g/mol. The Morgan fingerprint density at radius 2 is 1.04 bits per heavy atom. The van der Waals surface area contributed by atoms with Crippen LogP contribution in [0.25, 0.3) is 0 Å². The van der Waals surface area contributed by atoms with Crippen LogP contribution in [0.1, 0.15) is 110 Å². The van der Waals surface area contributed by atoms with E-state index in [1.807, 2.05) is 14.1 Å². The topological polar surface area (TPSA) is 49.7 Å². The van der Waals surface area contributed by atoms with Crippen molar-refractivity contribution in [2.24, 2.45) is 0 Å². The van der Waals surface area contributed by atoms with Crippen LogP contribution in [0.3, 0.4) is 0 Å². The number of hydrogen-bond donors (Lipinski definition) is 2. The van der Waals surface area contributed by atoms with Gasteiger partial charge in [-0.1, -0.05) is 96.8 Å². The van der Waals surface area contributed by atoms with E-state index in [2.05, 4.69) is 6.92 Å². The molecule has 0 aliphatic heterocycles. The summed E-state index contributed by atoms with van der Waals surface area (Å²) in [5.41, 5.74) is 0. The van der Waals surface area contributed by atoms with Gasteiger partial charge in [0.25, 0.3) is 0 Å². The number of aliphatic hydroxyl groups excluding tert-OH is 2. The highest BCUT2D eigenvalue weighted by atomic mass is 16.7. The fraction of sp³-hybridized carbons (Fsp3) is 1.00. The number of quaternary nitrogens is 1. The van der Waals surface area contributed by atoms with Crippen molar-refractivity contribution in [1.82, 2.24) is 0 Å². The zero-order valence-corrected chi connectivity index (χ0v) is 18.8. The van der Waals surface area contributed by atoms with Gasteiger partial charge in [0.1, 0.15) is 19.3 Å². The molecule has 1 unspecified atom stereocenters. The maximum atomic E-state index is 9.35. The molecule has 27 heavy (non-hydrogen) atoms. The molecule has 0 fully saturated rings. The summed E-state index contributed by atoms with van der Waals surface area (Å²) in [5.74, 6) is 0. The predicted octanol–water partition coefficient (Wildman–Crippen LogP) is 5.61. The first-order valence-corrected chi connectivity index (χ1v) is 11.8. The van der Waals surface area contributed by atoms with E-state index in [-0.39, 0.29) is 13.2 Å². The SMILES string of the molecule is CCCCCCCCCCCCCCCCCC[N+](C)(C)OCC(O)CO. The summed E-state index contributed by atoms with van der Waals surface area (Å²) < 4.78 is 0.454. The molecule has 0 rings (SSSR count). The second-order valence-electron chi connectivity index (χ2n) is 8.73. The minimum Gasteiger partial charge on any atom is -0.394 e. The molecule has 0 aliphatic rings. The average molecular weight is 389 g/mol. The smallest absolute Gasteiger partial charge is 0.134 e. The minimum atomic E-state index is -0.770. The number of hydrogen-bond acceptors (Lipinski definition) is 3. The molecule has 4 nitrogen and oxygen atoms in total. The van der Waals surface area contributed by atoms with Gasteiger partial charge in [0.15, 0.2) is 0 Å². The molecule has 164 valence electrons. The van der Waals surface area contributed by atoms with E-state index in [1.54, 1.807) is 0 Å². The van der Waals surface area contributed by atoms with Crippen LogP contribution in [0.4, 0.5) is 0 Å². The molecule has 0 aromatic carbocycles. The molecule has 0 aliphatic carbocycles. The van der Waals surface area contributed by atoms with Gasteiger partial charge < -0.3 is 10.2 Å². The maximum absolute atomic E-state index is 9.35. The third kappa shape index (κ3) is 20.4. The van der Waals surface area contributed by atoms with Crippen molar-refractivity contribution in [3.63, 3.8) is 0 Å². The zero-order valence-electron chi connectivity index (χ0n) is 18.8. The fourth-order valence-corrected chi connectivity index (χ4v) is 3.45. The predicted molar refractivity (Wildman–Crippen MR) is 116 cm³/mol. The number of aliphatic hydroxyl groups is 2. The van der Waals surface area contributed by atoms with Crippen LogP contribution in [0.5, 0.6) is 0 Å². The number of hydroxylamine groups is 3. The van der Waals surface area contributed by atoms with Gasteiger partial charge in [0.2, 0.25) is 0 Å². The molecule has 0 aromatic rings. The number of rotatable bonds is 21. The van der Waals surface area contributed by atoms with Crippen LogP contribution in [0.15, 0.2) is 0 Å². The Hall–Kier alpha value is -0.160. The van der Waals surface area contributed by atoms with E-state index in [9.17, 15) is 5.11 Å². The molecule has 0 amide bonds. The molecule has 0 spiro atoms. The summed E-state index contributed by atoms with van der Waals surface area (Å²) in [6.07, 6.45) is 21.4. The molecule has 0 radical (unpaired) electrons. The van der Waals surface area contributed by atoms with Crippen molar-refractivity contribution < 1.29 is 19.7 Å². The van der Waals surface area contributed by atoms with Gasteiger partial charge in [-0.15, -0.1) is 0 Å². The first-order valence-electron chi connectivity index (χ1n) is 11.8. The molecule has 1 atom stereocenters. The standard InChI is InChI=1S/C23H50NO3/c1-4-5-6-7-8-9-10-11-12-13-14-15-16-17-18-19-20-24(2,3)27-22-23(26)21-25/h23,25-26H,4-22H2,1-3H3/q+1. The van der Waals surface area contributed by atoms with Crippen LogP contribution >= 0.6 is 0 Å². The Balaban J connectivity index is 3.24. The highest BCUT2D eigenvalue weighted by Gasteiger charge is 2.18. The lowest BCUT2D eigenvalue weighted by Crippen LogP contribution is -2.42. The average Bonchev–Trinajstić information content (AvgIpc) is 2.65. The Labute approximate surface area is 169 Å². The molecule has 0 saturated carbocycles. The summed E-state index contributed by atoms with van der Waals surface area (Å²) in [4.78, 5) is 5.63. The van der Waals surface area contributed by atoms with E-state index in [4.69, 9.17) is 9.94 Å². The summed E-state index contributed by atoms with van der Waals surface area (Å²) in [6.45, 7) is 3.20.